The Morgan fingerprint density at radius 2 is 2.00 bits per heavy atom. The van der Waals surface area contributed by atoms with Crippen molar-refractivity contribution in [1.82, 2.24) is 5.32 Å². The molecule has 2 nitrogen and oxygen atoms in total. The van der Waals surface area contributed by atoms with E-state index in [1.165, 1.54) is 5.56 Å². The fraction of sp³-hybridized carbons (Fsp3) is 0.625. The number of hydrogen-bond donors (Lipinski definition) is 1. The lowest BCUT2D eigenvalue weighted by Gasteiger charge is -2.30. The zero-order valence-electron chi connectivity index (χ0n) is 12.7. The molecule has 19 heavy (non-hydrogen) atoms. The average Bonchev–Trinajstić information content (AvgIpc) is 2.37. The van der Waals surface area contributed by atoms with Gasteiger partial charge in [-0.25, -0.2) is 0 Å². The summed E-state index contributed by atoms with van der Waals surface area (Å²) in [6.45, 7) is 9.54. The number of nitrogens with one attached hydrogen (secondary N) is 1. The van der Waals surface area contributed by atoms with Gasteiger partial charge in [0.05, 0.1) is 12.1 Å². The molecule has 2 atom stereocenters. The van der Waals surface area contributed by atoms with Crippen LogP contribution >= 0.6 is 11.6 Å². The molecule has 0 aliphatic carbocycles. The van der Waals surface area contributed by atoms with Crippen molar-refractivity contribution in [3.05, 3.63) is 34.3 Å². The fourth-order valence-corrected chi connectivity index (χ4v) is 2.51. The van der Waals surface area contributed by atoms with Gasteiger partial charge in [0, 0.05) is 12.1 Å². The van der Waals surface area contributed by atoms with Crippen LogP contribution in [0.5, 0.6) is 0 Å². The molecule has 1 rings (SSSR count). The smallest absolute Gasteiger partial charge is 0.0788 e. The van der Waals surface area contributed by atoms with Gasteiger partial charge in [-0.05, 0) is 43.0 Å². The van der Waals surface area contributed by atoms with Gasteiger partial charge in [0.1, 0.15) is 0 Å². The highest BCUT2D eigenvalue weighted by Gasteiger charge is 2.25. The van der Waals surface area contributed by atoms with Crippen molar-refractivity contribution in [1.29, 1.82) is 0 Å². The standard InChI is InChI=1S/C16H26ClNO/c1-6-9-18-15(16(19-5)11(2)3)13-8-7-12(4)14(17)10-13/h7-8,10-11,15-16,18H,6,9H2,1-5H3. The Morgan fingerprint density at radius 1 is 1.32 bits per heavy atom. The Bertz CT molecular complexity index is 392. The summed E-state index contributed by atoms with van der Waals surface area (Å²) in [6, 6.07) is 6.45. The third-order valence-corrected chi connectivity index (χ3v) is 3.83. The van der Waals surface area contributed by atoms with Crippen LogP contribution in [0.2, 0.25) is 5.02 Å². The molecule has 0 aliphatic heterocycles. The number of hydrogen-bond acceptors (Lipinski definition) is 2. The van der Waals surface area contributed by atoms with Crippen LogP contribution in [-0.2, 0) is 4.74 Å². The van der Waals surface area contributed by atoms with Crippen LogP contribution in [0.15, 0.2) is 18.2 Å². The summed E-state index contributed by atoms with van der Waals surface area (Å²) in [6.07, 6.45) is 1.25. The van der Waals surface area contributed by atoms with Crippen LogP contribution in [0.3, 0.4) is 0 Å². The van der Waals surface area contributed by atoms with Gasteiger partial charge in [-0.1, -0.05) is 44.5 Å². The van der Waals surface area contributed by atoms with Crippen molar-refractivity contribution in [3.63, 3.8) is 0 Å². The van der Waals surface area contributed by atoms with E-state index in [9.17, 15) is 0 Å². The number of benzene rings is 1. The molecule has 1 aromatic rings. The second-order valence-electron chi connectivity index (χ2n) is 5.38. The number of halogens is 1. The van der Waals surface area contributed by atoms with Crippen LogP contribution < -0.4 is 5.32 Å². The number of aryl methyl sites for hydroxylation is 1. The maximum atomic E-state index is 6.25. The Kier molecular flexibility index (Phi) is 6.84. The molecule has 0 spiro atoms. The monoisotopic (exact) mass is 283 g/mol. The van der Waals surface area contributed by atoms with E-state index in [1.807, 2.05) is 6.92 Å². The lowest BCUT2D eigenvalue weighted by Crippen LogP contribution is -2.37. The normalized spacial score (nSPS) is 14.7. The maximum absolute atomic E-state index is 6.25. The highest BCUT2D eigenvalue weighted by molar-refractivity contribution is 6.31. The third kappa shape index (κ3) is 4.48. The Balaban J connectivity index is 3.03. The molecule has 0 saturated carbocycles. The molecule has 0 radical (unpaired) electrons. The first-order chi connectivity index (χ1) is 9.01. The molecule has 2 unspecified atom stereocenters. The topological polar surface area (TPSA) is 21.3 Å². The first-order valence-corrected chi connectivity index (χ1v) is 7.41. The summed E-state index contributed by atoms with van der Waals surface area (Å²) < 4.78 is 5.69. The van der Waals surface area contributed by atoms with Crippen LogP contribution in [0, 0.1) is 12.8 Å². The van der Waals surface area contributed by atoms with Crippen LogP contribution in [-0.4, -0.2) is 19.8 Å². The Labute approximate surface area is 122 Å². The highest BCUT2D eigenvalue weighted by Crippen LogP contribution is 2.27. The summed E-state index contributed by atoms with van der Waals surface area (Å²) in [4.78, 5) is 0. The summed E-state index contributed by atoms with van der Waals surface area (Å²) in [7, 11) is 1.78. The quantitative estimate of drug-likeness (QED) is 0.803. The number of rotatable bonds is 7. The maximum Gasteiger partial charge on any atom is 0.0788 e. The van der Waals surface area contributed by atoms with E-state index in [-0.39, 0.29) is 12.1 Å². The van der Waals surface area contributed by atoms with Gasteiger partial charge in [-0.2, -0.15) is 0 Å². The molecule has 0 amide bonds. The zero-order valence-corrected chi connectivity index (χ0v) is 13.4. The molecule has 0 bridgehead atoms. The summed E-state index contributed by atoms with van der Waals surface area (Å²) in [5.74, 6) is 0.444. The van der Waals surface area contributed by atoms with Crippen LogP contribution in [0.1, 0.15) is 44.4 Å². The van der Waals surface area contributed by atoms with Crippen molar-refractivity contribution in [2.24, 2.45) is 5.92 Å². The van der Waals surface area contributed by atoms with Crippen molar-refractivity contribution >= 4 is 11.6 Å². The van der Waals surface area contributed by atoms with Crippen LogP contribution in [0.25, 0.3) is 0 Å². The molecule has 0 aliphatic rings. The van der Waals surface area contributed by atoms with Gasteiger partial charge < -0.3 is 10.1 Å². The average molecular weight is 284 g/mol. The van der Waals surface area contributed by atoms with Gasteiger partial charge in [0.2, 0.25) is 0 Å². The first kappa shape index (κ1) is 16.5. The minimum Gasteiger partial charge on any atom is -0.379 e. The van der Waals surface area contributed by atoms with Gasteiger partial charge in [0.15, 0.2) is 0 Å². The predicted octanol–water partition coefficient (Wildman–Crippen LogP) is 4.36. The van der Waals surface area contributed by atoms with Crippen molar-refractivity contribution < 1.29 is 4.74 Å². The van der Waals surface area contributed by atoms with E-state index >= 15 is 0 Å². The van der Waals surface area contributed by atoms with Gasteiger partial charge in [0.25, 0.3) is 0 Å². The number of methoxy groups -OCH3 is 1. The van der Waals surface area contributed by atoms with Gasteiger partial charge in [-0.15, -0.1) is 0 Å². The van der Waals surface area contributed by atoms with Gasteiger partial charge in [-0.3, -0.25) is 0 Å². The van der Waals surface area contributed by atoms with E-state index < -0.39 is 0 Å². The second-order valence-corrected chi connectivity index (χ2v) is 5.79. The summed E-state index contributed by atoms with van der Waals surface area (Å²) >= 11 is 6.25. The molecule has 0 aromatic heterocycles. The number of ether oxygens (including phenoxy) is 1. The molecular formula is C16H26ClNO. The molecular weight excluding hydrogens is 258 g/mol. The van der Waals surface area contributed by atoms with Crippen LogP contribution in [0.4, 0.5) is 0 Å². The first-order valence-electron chi connectivity index (χ1n) is 7.03. The largest absolute Gasteiger partial charge is 0.379 e. The minimum atomic E-state index is 0.144. The lowest BCUT2D eigenvalue weighted by molar-refractivity contribution is 0.0326. The lowest BCUT2D eigenvalue weighted by atomic mass is 9.93. The second kappa shape index (κ2) is 7.88. The van der Waals surface area contributed by atoms with E-state index in [2.05, 4.69) is 44.3 Å². The van der Waals surface area contributed by atoms with Crippen molar-refractivity contribution in [3.8, 4) is 0 Å². The molecule has 0 fully saturated rings. The Hall–Kier alpha value is -0.570. The predicted molar refractivity (Wildman–Crippen MR) is 82.9 cm³/mol. The van der Waals surface area contributed by atoms with E-state index in [1.54, 1.807) is 7.11 Å². The van der Waals surface area contributed by atoms with Crippen molar-refractivity contribution in [2.45, 2.75) is 46.3 Å². The molecule has 3 heteroatoms. The van der Waals surface area contributed by atoms with E-state index in [0.29, 0.717) is 5.92 Å². The highest BCUT2D eigenvalue weighted by atomic mass is 35.5. The molecule has 1 N–H and O–H groups in total. The molecule has 0 heterocycles. The fourth-order valence-electron chi connectivity index (χ4n) is 2.32. The van der Waals surface area contributed by atoms with E-state index in [0.717, 1.165) is 23.6 Å². The minimum absolute atomic E-state index is 0.144. The molecule has 1 aromatic carbocycles. The SMILES string of the molecule is CCCNC(c1ccc(C)c(Cl)c1)C(OC)C(C)C. The van der Waals surface area contributed by atoms with Gasteiger partial charge >= 0.3 is 0 Å². The van der Waals surface area contributed by atoms with E-state index in [4.69, 9.17) is 16.3 Å². The summed E-state index contributed by atoms with van der Waals surface area (Å²) in [5.41, 5.74) is 2.31. The zero-order chi connectivity index (χ0) is 14.4. The van der Waals surface area contributed by atoms with Crippen molar-refractivity contribution in [2.75, 3.05) is 13.7 Å². The molecule has 108 valence electrons. The molecule has 0 saturated heterocycles. The summed E-state index contributed by atoms with van der Waals surface area (Å²) in [5, 5.41) is 4.40. The third-order valence-electron chi connectivity index (χ3n) is 3.43. The Morgan fingerprint density at radius 3 is 2.47 bits per heavy atom.